The van der Waals surface area contributed by atoms with E-state index in [0.29, 0.717) is 16.3 Å². The lowest BCUT2D eigenvalue weighted by atomic mass is 10.2. The van der Waals surface area contributed by atoms with Crippen LogP contribution in [0.4, 0.5) is 0 Å². The van der Waals surface area contributed by atoms with Gasteiger partial charge in [-0.3, -0.25) is 4.79 Å². The third-order valence-electron chi connectivity index (χ3n) is 2.92. The lowest BCUT2D eigenvalue weighted by Gasteiger charge is -2.16. The van der Waals surface area contributed by atoms with Gasteiger partial charge < -0.3 is 10.4 Å². The molecule has 0 aliphatic rings. The standard InChI is InChI=1S/C14H16ClNO2S2/c1-19-8-9(6-7-17)16-14(18)13-12(15)10-4-2-3-5-11(10)20-13/h2-5,9,17H,6-8H2,1H3,(H,16,18). The van der Waals surface area contributed by atoms with Gasteiger partial charge in [-0.15, -0.1) is 11.3 Å². The average Bonchev–Trinajstić information content (AvgIpc) is 2.77. The number of aliphatic hydroxyl groups is 1. The predicted molar refractivity (Wildman–Crippen MR) is 88.2 cm³/mol. The fourth-order valence-corrected chi connectivity index (χ4v) is 4.04. The molecule has 1 aromatic heterocycles. The van der Waals surface area contributed by atoms with Crippen molar-refractivity contribution >= 4 is 50.7 Å². The van der Waals surface area contributed by atoms with E-state index in [2.05, 4.69) is 5.32 Å². The lowest BCUT2D eigenvalue weighted by Crippen LogP contribution is -2.37. The number of benzene rings is 1. The molecular formula is C14H16ClNO2S2. The largest absolute Gasteiger partial charge is 0.396 e. The molecular weight excluding hydrogens is 314 g/mol. The SMILES string of the molecule is CSCC(CCO)NC(=O)c1sc2ccccc2c1Cl. The molecule has 2 rings (SSSR count). The lowest BCUT2D eigenvalue weighted by molar-refractivity contribution is 0.0939. The summed E-state index contributed by atoms with van der Waals surface area (Å²) in [6, 6.07) is 7.67. The average molecular weight is 330 g/mol. The van der Waals surface area contributed by atoms with Gasteiger partial charge in [-0.1, -0.05) is 29.8 Å². The zero-order valence-electron chi connectivity index (χ0n) is 11.1. The van der Waals surface area contributed by atoms with E-state index in [-0.39, 0.29) is 18.6 Å². The molecule has 1 unspecified atom stereocenters. The summed E-state index contributed by atoms with van der Waals surface area (Å²) in [7, 11) is 0. The second-order valence-electron chi connectivity index (χ2n) is 4.38. The van der Waals surface area contributed by atoms with Gasteiger partial charge in [-0.05, 0) is 18.7 Å². The molecule has 0 aliphatic carbocycles. The van der Waals surface area contributed by atoms with E-state index in [1.807, 2.05) is 30.5 Å². The first kappa shape index (κ1) is 15.6. The summed E-state index contributed by atoms with van der Waals surface area (Å²) in [5.41, 5.74) is 0. The molecule has 0 spiro atoms. The monoisotopic (exact) mass is 329 g/mol. The van der Waals surface area contributed by atoms with Crippen LogP contribution in [0.15, 0.2) is 24.3 Å². The molecule has 0 fully saturated rings. The van der Waals surface area contributed by atoms with E-state index in [1.165, 1.54) is 11.3 Å². The van der Waals surface area contributed by atoms with Gasteiger partial charge in [0.05, 0.1) is 5.02 Å². The molecule has 2 aromatic rings. The molecule has 20 heavy (non-hydrogen) atoms. The number of thiophene rings is 1. The Morgan fingerprint density at radius 3 is 2.90 bits per heavy atom. The maximum atomic E-state index is 12.3. The van der Waals surface area contributed by atoms with Crippen LogP contribution in [-0.4, -0.2) is 35.7 Å². The number of nitrogens with one attached hydrogen (secondary N) is 1. The van der Waals surface area contributed by atoms with E-state index >= 15 is 0 Å². The Balaban J connectivity index is 2.20. The Hall–Kier alpha value is -0.750. The van der Waals surface area contributed by atoms with Gasteiger partial charge in [0.2, 0.25) is 0 Å². The van der Waals surface area contributed by atoms with Crippen molar-refractivity contribution in [3.8, 4) is 0 Å². The number of halogens is 1. The highest BCUT2D eigenvalue weighted by Gasteiger charge is 2.19. The summed E-state index contributed by atoms with van der Waals surface area (Å²) in [5.74, 6) is 0.609. The number of carbonyl (C=O) groups is 1. The number of thioether (sulfide) groups is 1. The minimum atomic E-state index is -0.163. The highest BCUT2D eigenvalue weighted by atomic mass is 35.5. The minimum Gasteiger partial charge on any atom is -0.396 e. The second-order valence-corrected chi connectivity index (χ2v) is 6.72. The molecule has 1 atom stereocenters. The van der Waals surface area contributed by atoms with E-state index in [9.17, 15) is 4.79 Å². The van der Waals surface area contributed by atoms with Crippen LogP contribution in [-0.2, 0) is 0 Å². The van der Waals surface area contributed by atoms with Crippen molar-refractivity contribution in [2.24, 2.45) is 0 Å². The number of carbonyl (C=O) groups excluding carboxylic acids is 1. The molecule has 0 aliphatic heterocycles. The summed E-state index contributed by atoms with van der Waals surface area (Å²) in [6.45, 7) is 0.0612. The van der Waals surface area contributed by atoms with Crippen molar-refractivity contribution in [3.63, 3.8) is 0 Å². The van der Waals surface area contributed by atoms with Crippen molar-refractivity contribution in [2.45, 2.75) is 12.5 Å². The second kappa shape index (κ2) is 7.31. The first-order chi connectivity index (χ1) is 9.67. The van der Waals surface area contributed by atoms with Crippen molar-refractivity contribution in [2.75, 3.05) is 18.6 Å². The Morgan fingerprint density at radius 2 is 2.25 bits per heavy atom. The van der Waals surface area contributed by atoms with Crippen LogP contribution in [0.5, 0.6) is 0 Å². The molecule has 0 radical (unpaired) electrons. The number of hydrogen-bond acceptors (Lipinski definition) is 4. The Kier molecular flexibility index (Phi) is 5.72. The van der Waals surface area contributed by atoms with E-state index < -0.39 is 0 Å². The number of rotatable bonds is 6. The maximum Gasteiger partial charge on any atom is 0.263 e. The topological polar surface area (TPSA) is 49.3 Å². The summed E-state index contributed by atoms with van der Waals surface area (Å²) >= 11 is 9.32. The number of amides is 1. The van der Waals surface area contributed by atoms with Gasteiger partial charge >= 0.3 is 0 Å². The predicted octanol–water partition coefficient (Wildman–Crippen LogP) is 3.40. The Labute approximate surface area is 131 Å². The van der Waals surface area contributed by atoms with Crippen molar-refractivity contribution < 1.29 is 9.90 Å². The van der Waals surface area contributed by atoms with E-state index in [0.717, 1.165) is 15.8 Å². The van der Waals surface area contributed by atoms with Gasteiger partial charge in [0, 0.05) is 28.5 Å². The zero-order valence-corrected chi connectivity index (χ0v) is 13.4. The van der Waals surface area contributed by atoms with E-state index in [4.69, 9.17) is 16.7 Å². The summed E-state index contributed by atoms with van der Waals surface area (Å²) in [5, 5.41) is 13.4. The zero-order chi connectivity index (χ0) is 14.5. The molecule has 3 nitrogen and oxygen atoms in total. The Bertz CT molecular complexity index is 594. The molecule has 1 aromatic carbocycles. The molecule has 0 saturated heterocycles. The number of aliphatic hydroxyl groups excluding tert-OH is 1. The molecule has 6 heteroatoms. The normalized spacial score (nSPS) is 12.6. The number of fused-ring (bicyclic) bond motifs is 1. The third kappa shape index (κ3) is 3.47. The third-order valence-corrected chi connectivity index (χ3v) is 5.33. The van der Waals surface area contributed by atoms with Gasteiger partial charge in [0.1, 0.15) is 4.88 Å². The van der Waals surface area contributed by atoms with Crippen molar-refractivity contribution in [3.05, 3.63) is 34.2 Å². The van der Waals surface area contributed by atoms with E-state index in [1.54, 1.807) is 11.8 Å². The van der Waals surface area contributed by atoms with Crippen LogP contribution in [0, 0.1) is 0 Å². The van der Waals surface area contributed by atoms with Crippen LogP contribution in [0.1, 0.15) is 16.1 Å². The summed E-state index contributed by atoms with van der Waals surface area (Å²) < 4.78 is 1.01. The van der Waals surface area contributed by atoms with Crippen LogP contribution in [0.3, 0.4) is 0 Å². The van der Waals surface area contributed by atoms with Crippen molar-refractivity contribution in [1.29, 1.82) is 0 Å². The van der Waals surface area contributed by atoms with Gasteiger partial charge in [0.15, 0.2) is 0 Å². The molecule has 1 heterocycles. The molecule has 2 N–H and O–H groups in total. The first-order valence-electron chi connectivity index (χ1n) is 6.25. The minimum absolute atomic E-state index is 0.0382. The molecule has 108 valence electrons. The van der Waals surface area contributed by atoms with Gasteiger partial charge in [-0.2, -0.15) is 11.8 Å². The van der Waals surface area contributed by atoms with Gasteiger partial charge in [-0.25, -0.2) is 0 Å². The van der Waals surface area contributed by atoms with Crippen LogP contribution < -0.4 is 5.32 Å². The number of hydrogen-bond donors (Lipinski definition) is 2. The fraction of sp³-hybridized carbons (Fsp3) is 0.357. The smallest absolute Gasteiger partial charge is 0.263 e. The summed E-state index contributed by atoms with van der Waals surface area (Å²) in [6.07, 6.45) is 2.53. The quantitative estimate of drug-likeness (QED) is 0.854. The molecule has 1 amide bonds. The van der Waals surface area contributed by atoms with Crippen molar-refractivity contribution in [1.82, 2.24) is 5.32 Å². The highest BCUT2D eigenvalue weighted by Crippen LogP contribution is 2.35. The Morgan fingerprint density at radius 1 is 1.50 bits per heavy atom. The first-order valence-corrected chi connectivity index (χ1v) is 8.84. The van der Waals surface area contributed by atoms with Crippen LogP contribution in [0.2, 0.25) is 5.02 Å². The molecule has 0 bridgehead atoms. The van der Waals surface area contributed by atoms with Gasteiger partial charge in [0.25, 0.3) is 5.91 Å². The van der Waals surface area contributed by atoms with Crippen LogP contribution >= 0.6 is 34.7 Å². The fourth-order valence-electron chi connectivity index (χ4n) is 1.97. The highest BCUT2D eigenvalue weighted by molar-refractivity contribution is 7.98. The maximum absolute atomic E-state index is 12.3. The van der Waals surface area contributed by atoms with Crippen LogP contribution in [0.25, 0.3) is 10.1 Å². The summed E-state index contributed by atoms with van der Waals surface area (Å²) in [4.78, 5) is 12.9. The molecule has 0 saturated carbocycles.